The molecule has 0 saturated carbocycles. The molecule has 2 aliphatic rings. The highest BCUT2D eigenvalue weighted by Gasteiger charge is 2.44. The van der Waals surface area contributed by atoms with Gasteiger partial charge in [0.25, 0.3) is 5.91 Å². The summed E-state index contributed by atoms with van der Waals surface area (Å²) >= 11 is 1.56. The molecular weight excluding hydrogens is 460 g/mol. The molecule has 1 aromatic heterocycles. The molecule has 2 aromatic carbocycles. The van der Waals surface area contributed by atoms with Crippen LogP contribution < -0.4 is 4.74 Å². The number of fused-ring (bicyclic) bond motifs is 2. The van der Waals surface area contributed by atoms with Gasteiger partial charge in [-0.2, -0.15) is 0 Å². The minimum Gasteiger partial charge on any atom is -0.487 e. The third kappa shape index (κ3) is 4.64. The van der Waals surface area contributed by atoms with E-state index in [1.54, 1.807) is 16.4 Å². The number of benzene rings is 2. The number of piperidine rings is 1. The summed E-state index contributed by atoms with van der Waals surface area (Å²) in [7, 11) is 0. The van der Waals surface area contributed by atoms with E-state index in [1.165, 1.54) is 12.1 Å². The number of ether oxygens (including phenoxy) is 1. The summed E-state index contributed by atoms with van der Waals surface area (Å²) < 4.78 is 34.8. The van der Waals surface area contributed by atoms with Crippen LogP contribution in [0.25, 0.3) is 0 Å². The molecule has 5 rings (SSSR count). The summed E-state index contributed by atoms with van der Waals surface area (Å²) in [6, 6.07) is 11.1. The van der Waals surface area contributed by atoms with Crippen LogP contribution in [-0.2, 0) is 12.3 Å². The number of aryl methyl sites for hydroxylation is 1. The van der Waals surface area contributed by atoms with Gasteiger partial charge in [0.05, 0.1) is 0 Å². The standard InChI is InChI=1S/C24H25F2N5O2S/c1-2-30-24(27-28-29-30)34-14-15-3-5-16(6-4-15)23(32)31-18-8-9-19(31)13-20(12-18)33-22-10-7-17(25)11-21(22)26/h3-7,10-11,18-20H,2,8-9,12-14H2,1H3. The van der Waals surface area contributed by atoms with E-state index in [4.69, 9.17) is 4.74 Å². The van der Waals surface area contributed by atoms with Gasteiger partial charge in [-0.15, -0.1) is 5.10 Å². The highest BCUT2D eigenvalue weighted by atomic mass is 32.2. The Morgan fingerprint density at radius 3 is 2.53 bits per heavy atom. The van der Waals surface area contributed by atoms with Crippen LogP contribution in [0.2, 0.25) is 0 Å². The third-order valence-electron chi connectivity index (χ3n) is 6.48. The first-order chi connectivity index (χ1) is 16.5. The normalized spacial score (nSPS) is 21.6. The topological polar surface area (TPSA) is 73.1 Å². The van der Waals surface area contributed by atoms with E-state index in [0.717, 1.165) is 29.6 Å². The fraction of sp³-hybridized carbons (Fsp3) is 0.417. The molecule has 0 radical (unpaired) electrons. The van der Waals surface area contributed by atoms with Crippen molar-refractivity contribution in [3.8, 4) is 5.75 Å². The number of thioether (sulfide) groups is 1. The number of aromatic nitrogens is 4. The molecule has 2 bridgehead atoms. The maximum atomic E-state index is 14.0. The summed E-state index contributed by atoms with van der Waals surface area (Å²) in [6.07, 6.45) is 2.90. The van der Waals surface area contributed by atoms with E-state index in [1.807, 2.05) is 36.1 Å². The fourth-order valence-corrected chi connectivity index (χ4v) is 5.74. The van der Waals surface area contributed by atoms with Crippen LogP contribution in [0.15, 0.2) is 47.6 Å². The van der Waals surface area contributed by atoms with Crippen molar-refractivity contribution < 1.29 is 18.3 Å². The lowest BCUT2D eigenvalue weighted by molar-refractivity contribution is 0.0349. The van der Waals surface area contributed by atoms with Gasteiger partial charge in [-0.1, -0.05) is 23.9 Å². The first-order valence-electron chi connectivity index (χ1n) is 11.4. The quantitative estimate of drug-likeness (QED) is 0.460. The average Bonchev–Trinajstić information content (AvgIpc) is 3.40. The number of nitrogens with zero attached hydrogens (tertiary/aromatic N) is 5. The molecule has 3 heterocycles. The molecule has 0 spiro atoms. The monoisotopic (exact) mass is 485 g/mol. The van der Waals surface area contributed by atoms with Crippen LogP contribution in [0.5, 0.6) is 5.75 Å². The first-order valence-corrected chi connectivity index (χ1v) is 12.4. The predicted molar refractivity (Wildman–Crippen MR) is 122 cm³/mol. The van der Waals surface area contributed by atoms with Gasteiger partial charge in [-0.05, 0) is 60.0 Å². The summed E-state index contributed by atoms with van der Waals surface area (Å²) in [5.74, 6) is -0.533. The lowest BCUT2D eigenvalue weighted by atomic mass is 9.98. The van der Waals surface area contributed by atoms with Gasteiger partial charge in [0.15, 0.2) is 11.6 Å². The summed E-state index contributed by atoms with van der Waals surface area (Å²) in [5, 5.41) is 12.4. The smallest absolute Gasteiger partial charge is 0.254 e. The molecule has 2 unspecified atom stereocenters. The number of hydrogen-bond donors (Lipinski definition) is 0. The summed E-state index contributed by atoms with van der Waals surface area (Å²) in [6.45, 7) is 2.70. The molecule has 10 heteroatoms. The minimum atomic E-state index is -0.699. The highest BCUT2D eigenvalue weighted by Crippen LogP contribution is 2.38. The number of carbonyl (C=O) groups excluding carboxylic acids is 1. The maximum absolute atomic E-state index is 14.0. The fourth-order valence-electron chi connectivity index (χ4n) is 4.84. The average molecular weight is 486 g/mol. The maximum Gasteiger partial charge on any atom is 0.254 e. The molecule has 2 aliphatic heterocycles. The van der Waals surface area contributed by atoms with Gasteiger partial charge in [-0.3, -0.25) is 4.79 Å². The van der Waals surface area contributed by atoms with Gasteiger partial charge in [-0.25, -0.2) is 13.5 Å². The van der Waals surface area contributed by atoms with Crippen LogP contribution in [0, 0.1) is 11.6 Å². The Labute approximate surface area is 200 Å². The number of rotatable bonds is 7. The van der Waals surface area contributed by atoms with Crippen LogP contribution in [0.4, 0.5) is 8.78 Å². The van der Waals surface area contributed by atoms with Crippen molar-refractivity contribution in [1.29, 1.82) is 0 Å². The lowest BCUT2D eigenvalue weighted by Gasteiger charge is -2.39. The third-order valence-corrected chi connectivity index (χ3v) is 7.51. The molecule has 2 fully saturated rings. The Bertz CT molecular complexity index is 1160. The van der Waals surface area contributed by atoms with Crippen molar-refractivity contribution in [2.45, 2.75) is 68.2 Å². The Morgan fingerprint density at radius 2 is 1.85 bits per heavy atom. The largest absolute Gasteiger partial charge is 0.487 e. The van der Waals surface area contributed by atoms with E-state index < -0.39 is 11.6 Å². The minimum absolute atomic E-state index is 0.0213. The second-order valence-corrected chi connectivity index (χ2v) is 9.59. The number of hydrogen-bond acceptors (Lipinski definition) is 6. The number of carbonyl (C=O) groups is 1. The molecule has 2 atom stereocenters. The molecule has 0 aliphatic carbocycles. The van der Waals surface area contributed by atoms with Gasteiger partial charge < -0.3 is 9.64 Å². The Hall–Kier alpha value is -3.01. The Balaban J connectivity index is 1.20. The summed E-state index contributed by atoms with van der Waals surface area (Å²) in [4.78, 5) is 15.3. The van der Waals surface area contributed by atoms with E-state index >= 15 is 0 Å². The van der Waals surface area contributed by atoms with Crippen LogP contribution in [0.1, 0.15) is 48.5 Å². The van der Waals surface area contributed by atoms with Gasteiger partial charge in [0.2, 0.25) is 5.16 Å². The van der Waals surface area contributed by atoms with Crippen molar-refractivity contribution >= 4 is 17.7 Å². The van der Waals surface area contributed by atoms with Crippen molar-refractivity contribution in [2.24, 2.45) is 0 Å². The zero-order valence-corrected chi connectivity index (χ0v) is 19.5. The Kier molecular flexibility index (Phi) is 6.49. The zero-order valence-electron chi connectivity index (χ0n) is 18.7. The van der Waals surface area contributed by atoms with E-state index in [9.17, 15) is 13.6 Å². The second kappa shape index (κ2) is 9.69. The molecule has 1 amide bonds. The lowest BCUT2D eigenvalue weighted by Crippen LogP contribution is -2.49. The van der Waals surface area contributed by atoms with Crippen molar-refractivity contribution in [3.63, 3.8) is 0 Å². The first kappa shape index (κ1) is 22.8. The van der Waals surface area contributed by atoms with Gasteiger partial charge in [0, 0.05) is 48.9 Å². The number of tetrazole rings is 1. The van der Waals surface area contributed by atoms with Gasteiger partial charge >= 0.3 is 0 Å². The molecule has 0 N–H and O–H groups in total. The van der Waals surface area contributed by atoms with E-state index in [0.29, 0.717) is 30.7 Å². The molecule has 7 nitrogen and oxygen atoms in total. The summed E-state index contributed by atoms with van der Waals surface area (Å²) in [5.41, 5.74) is 1.75. The predicted octanol–water partition coefficient (Wildman–Crippen LogP) is 4.48. The number of halogens is 2. The number of amides is 1. The van der Waals surface area contributed by atoms with Crippen LogP contribution in [0.3, 0.4) is 0 Å². The Morgan fingerprint density at radius 1 is 1.12 bits per heavy atom. The van der Waals surface area contributed by atoms with Crippen molar-refractivity contribution in [2.75, 3.05) is 0 Å². The van der Waals surface area contributed by atoms with E-state index in [2.05, 4.69) is 15.5 Å². The molecular formula is C24H25F2N5O2S. The second-order valence-electron chi connectivity index (χ2n) is 8.65. The highest BCUT2D eigenvalue weighted by molar-refractivity contribution is 7.98. The van der Waals surface area contributed by atoms with Crippen molar-refractivity contribution in [1.82, 2.24) is 25.1 Å². The molecule has 3 aromatic rings. The SMILES string of the molecule is CCn1nnnc1SCc1ccc(C(=O)N2C3CCC2CC(Oc2ccc(F)cc2F)C3)cc1. The molecule has 2 saturated heterocycles. The molecule has 178 valence electrons. The van der Waals surface area contributed by atoms with Gasteiger partial charge in [0.1, 0.15) is 11.9 Å². The van der Waals surface area contributed by atoms with Crippen molar-refractivity contribution in [3.05, 3.63) is 65.2 Å². The van der Waals surface area contributed by atoms with Crippen LogP contribution >= 0.6 is 11.8 Å². The van der Waals surface area contributed by atoms with Crippen LogP contribution in [-0.4, -0.2) is 49.2 Å². The zero-order chi connectivity index (χ0) is 23.7. The van der Waals surface area contributed by atoms with E-state index in [-0.39, 0.29) is 29.8 Å². The molecule has 34 heavy (non-hydrogen) atoms.